The van der Waals surface area contributed by atoms with E-state index in [9.17, 15) is 9.59 Å². The van der Waals surface area contributed by atoms with Crippen LogP contribution in [-0.4, -0.2) is 31.6 Å². The van der Waals surface area contributed by atoms with Crippen molar-refractivity contribution in [2.75, 3.05) is 25.1 Å². The SMILES string of the molecule is CCOc1ccc(CCNC(=O)c2ccccc2NC(=O)c2cccs2)cc1OCC. The maximum atomic E-state index is 12.7. The minimum Gasteiger partial charge on any atom is -0.490 e. The van der Waals surface area contributed by atoms with Crippen LogP contribution in [0.3, 0.4) is 0 Å². The van der Waals surface area contributed by atoms with Crippen molar-refractivity contribution >= 4 is 28.8 Å². The first kappa shape index (κ1) is 22.4. The first-order chi connectivity index (χ1) is 15.1. The van der Waals surface area contributed by atoms with Crippen LogP contribution in [0.15, 0.2) is 60.0 Å². The van der Waals surface area contributed by atoms with Gasteiger partial charge in [-0.2, -0.15) is 0 Å². The van der Waals surface area contributed by atoms with Gasteiger partial charge in [0.05, 0.1) is 29.3 Å². The molecule has 0 saturated carbocycles. The number of rotatable bonds is 10. The molecule has 0 aliphatic heterocycles. The summed E-state index contributed by atoms with van der Waals surface area (Å²) in [6.07, 6.45) is 0.641. The summed E-state index contributed by atoms with van der Waals surface area (Å²) in [5.74, 6) is 0.952. The molecular formula is C24H26N2O4S. The van der Waals surface area contributed by atoms with Crippen LogP contribution in [0.5, 0.6) is 11.5 Å². The van der Waals surface area contributed by atoms with Gasteiger partial charge in [-0.1, -0.05) is 24.3 Å². The molecule has 0 radical (unpaired) electrons. The predicted molar refractivity (Wildman–Crippen MR) is 124 cm³/mol. The summed E-state index contributed by atoms with van der Waals surface area (Å²) in [6, 6.07) is 16.3. The second kappa shape index (κ2) is 11.2. The summed E-state index contributed by atoms with van der Waals surface area (Å²) in [5.41, 5.74) is 1.94. The number of ether oxygens (including phenoxy) is 2. The van der Waals surface area contributed by atoms with E-state index in [2.05, 4.69) is 10.6 Å². The molecule has 0 spiro atoms. The Hall–Kier alpha value is -3.32. The number of amides is 2. The summed E-state index contributed by atoms with van der Waals surface area (Å²) >= 11 is 1.35. The normalized spacial score (nSPS) is 10.4. The molecule has 3 rings (SSSR count). The van der Waals surface area contributed by atoms with Gasteiger partial charge in [0, 0.05) is 6.54 Å². The third-order valence-corrected chi connectivity index (χ3v) is 5.34. The van der Waals surface area contributed by atoms with E-state index < -0.39 is 0 Å². The van der Waals surface area contributed by atoms with E-state index in [0.717, 1.165) is 5.56 Å². The molecule has 0 bridgehead atoms. The van der Waals surface area contributed by atoms with Crippen LogP contribution in [0.25, 0.3) is 0 Å². The molecule has 2 N–H and O–H groups in total. The van der Waals surface area contributed by atoms with Crippen molar-refractivity contribution in [2.24, 2.45) is 0 Å². The number of nitrogens with one attached hydrogen (secondary N) is 2. The smallest absolute Gasteiger partial charge is 0.265 e. The second-order valence-corrected chi connectivity index (χ2v) is 7.58. The zero-order valence-electron chi connectivity index (χ0n) is 17.6. The fourth-order valence-corrected chi connectivity index (χ4v) is 3.67. The van der Waals surface area contributed by atoms with E-state index in [1.807, 2.05) is 43.5 Å². The average molecular weight is 439 g/mol. The van der Waals surface area contributed by atoms with Crippen molar-refractivity contribution in [1.82, 2.24) is 5.32 Å². The van der Waals surface area contributed by atoms with E-state index in [4.69, 9.17) is 9.47 Å². The molecule has 0 aliphatic carbocycles. The van der Waals surface area contributed by atoms with E-state index in [1.54, 1.807) is 30.3 Å². The fraction of sp³-hybridized carbons (Fsp3) is 0.250. The van der Waals surface area contributed by atoms with Gasteiger partial charge in [-0.25, -0.2) is 0 Å². The van der Waals surface area contributed by atoms with Gasteiger partial charge >= 0.3 is 0 Å². The van der Waals surface area contributed by atoms with Gasteiger partial charge in [0.15, 0.2) is 11.5 Å². The van der Waals surface area contributed by atoms with Crippen molar-refractivity contribution in [2.45, 2.75) is 20.3 Å². The Morgan fingerprint density at radius 1 is 0.903 bits per heavy atom. The molecule has 6 nitrogen and oxygen atoms in total. The Balaban J connectivity index is 1.61. The lowest BCUT2D eigenvalue weighted by atomic mass is 10.1. The number of benzene rings is 2. The number of para-hydroxylation sites is 1. The highest BCUT2D eigenvalue weighted by molar-refractivity contribution is 7.12. The van der Waals surface area contributed by atoms with Gasteiger partial charge in [0.2, 0.25) is 0 Å². The monoisotopic (exact) mass is 438 g/mol. The summed E-state index contributed by atoms with van der Waals surface area (Å²) in [4.78, 5) is 25.7. The molecule has 0 fully saturated rings. The molecule has 7 heteroatoms. The number of hydrogen-bond acceptors (Lipinski definition) is 5. The highest BCUT2D eigenvalue weighted by Crippen LogP contribution is 2.28. The molecule has 0 saturated heterocycles. The van der Waals surface area contributed by atoms with E-state index in [-0.39, 0.29) is 11.8 Å². The summed E-state index contributed by atoms with van der Waals surface area (Å²) in [5, 5.41) is 7.59. The molecule has 3 aromatic rings. The van der Waals surface area contributed by atoms with Crippen LogP contribution < -0.4 is 20.1 Å². The third-order valence-electron chi connectivity index (χ3n) is 4.47. The Morgan fingerprint density at radius 2 is 1.68 bits per heavy atom. The van der Waals surface area contributed by atoms with Crippen LogP contribution in [0.4, 0.5) is 5.69 Å². The lowest BCUT2D eigenvalue weighted by Gasteiger charge is -2.13. The van der Waals surface area contributed by atoms with E-state index in [0.29, 0.717) is 53.8 Å². The topological polar surface area (TPSA) is 76.7 Å². The van der Waals surface area contributed by atoms with Crippen LogP contribution >= 0.6 is 11.3 Å². The van der Waals surface area contributed by atoms with Gasteiger partial charge in [0.25, 0.3) is 11.8 Å². The molecule has 1 aromatic heterocycles. The van der Waals surface area contributed by atoms with E-state index in [1.165, 1.54) is 11.3 Å². The summed E-state index contributed by atoms with van der Waals surface area (Å²) in [7, 11) is 0. The van der Waals surface area contributed by atoms with Crippen molar-refractivity contribution in [3.05, 3.63) is 76.0 Å². The minimum absolute atomic E-state index is 0.229. The molecule has 0 atom stereocenters. The standard InChI is InChI=1S/C24H26N2O4S/c1-3-29-20-12-11-17(16-21(20)30-4-2)13-14-25-23(27)18-8-5-6-9-19(18)26-24(28)22-10-7-15-31-22/h5-12,15-16H,3-4,13-14H2,1-2H3,(H,25,27)(H,26,28). The first-order valence-electron chi connectivity index (χ1n) is 10.2. The van der Waals surface area contributed by atoms with E-state index >= 15 is 0 Å². The molecule has 2 amide bonds. The van der Waals surface area contributed by atoms with Gasteiger partial charge < -0.3 is 20.1 Å². The van der Waals surface area contributed by atoms with Crippen LogP contribution in [-0.2, 0) is 6.42 Å². The summed E-state index contributed by atoms with van der Waals surface area (Å²) in [6.45, 7) is 5.43. The number of carbonyl (C=O) groups excluding carboxylic acids is 2. The zero-order chi connectivity index (χ0) is 22.1. The molecule has 0 unspecified atom stereocenters. The summed E-state index contributed by atoms with van der Waals surface area (Å²) < 4.78 is 11.2. The maximum Gasteiger partial charge on any atom is 0.265 e. The maximum absolute atomic E-state index is 12.7. The molecular weight excluding hydrogens is 412 g/mol. The van der Waals surface area contributed by atoms with Crippen molar-refractivity contribution < 1.29 is 19.1 Å². The van der Waals surface area contributed by atoms with Gasteiger partial charge in [-0.15, -0.1) is 11.3 Å². The molecule has 31 heavy (non-hydrogen) atoms. The van der Waals surface area contributed by atoms with Gasteiger partial charge in [-0.05, 0) is 61.5 Å². The number of anilines is 1. The highest BCUT2D eigenvalue weighted by Gasteiger charge is 2.14. The second-order valence-electron chi connectivity index (χ2n) is 6.63. The van der Waals surface area contributed by atoms with Crippen LogP contribution in [0, 0.1) is 0 Å². The lowest BCUT2D eigenvalue weighted by molar-refractivity contribution is 0.0955. The lowest BCUT2D eigenvalue weighted by Crippen LogP contribution is -2.27. The Morgan fingerprint density at radius 3 is 2.42 bits per heavy atom. The van der Waals surface area contributed by atoms with Crippen LogP contribution in [0.1, 0.15) is 39.4 Å². The quantitative estimate of drug-likeness (QED) is 0.478. The van der Waals surface area contributed by atoms with Gasteiger partial charge in [-0.3, -0.25) is 9.59 Å². The molecule has 2 aromatic carbocycles. The number of hydrogen-bond donors (Lipinski definition) is 2. The van der Waals surface area contributed by atoms with Crippen LogP contribution in [0.2, 0.25) is 0 Å². The van der Waals surface area contributed by atoms with Crippen molar-refractivity contribution in [3.63, 3.8) is 0 Å². The van der Waals surface area contributed by atoms with Crippen molar-refractivity contribution in [3.8, 4) is 11.5 Å². The Kier molecular flexibility index (Phi) is 8.06. The Bertz CT molecular complexity index is 1020. The van der Waals surface area contributed by atoms with Gasteiger partial charge in [0.1, 0.15) is 0 Å². The average Bonchev–Trinajstić information content (AvgIpc) is 3.31. The number of thiophene rings is 1. The largest absolute Gasteiger partial charge is 0.490 e. The third kappa shape index (κ3) is 6.08. The molecule has 1 heterocycles. The zero-order valence-corrected chi connectivity index (χ0v) is 18.5. The first-order valence-corrected chi connectivity index (χ1v) is 11.1. The number of carbonyl (C=O) groups is 2. The minimum atomic E-state index is -0.238. The Labute approximate surface area is 186 Å². The highest BCUT2D eigenvalue weighted by atomic mass is 32.1. The molecule has 162 valence electrons. The predicted octanol–water partition coefficient (Wildman–Crippen LogP) is 4.77. The van der Waals surface area contributed by atoms with Crippen molar-refractivity contribution in [1.29, 1.82) is 0 Å². The molecule has 0 aliphatic rings. The fourth-order valence-electron chi connectivity index (χ4n) is 3.05.